The van der Waals surface area contributed by atoms with Crippen LogP contribution in [0.15, 0.2) is 29.9 Å². The van der Waals surface area contributed by atoms with Crippen molar-refractivity contribution >= 4 is 17.0 Å². The fourth-order valence-corrected chi connectivity index (χ4v) is 2.49. The van der Waals surface area contributed by atoms with Gasteiger partial charge in [0.15, 0.2) is 0 Å². The Labute approximate surface area is 123 Å². The maximum atomic E-state index is 7.09. The van der Waals surface area contributed by atoms with Gasteiger partial charge in [0.1, 0.15) is 0 Å². The van der Waals surface area contributed by atoms with Crippen LogP contribution >= 0.6 is 11.3 Å². The number of nitrogens with one attached hydrogen (secondary N) is 1. The highest BCUT2D eigenvalue weighted by molar-refractivity contribution is 7.09. The van der Waals surface area contributed by atoms with Gasteiger partial charge in [-0.25, -0.2) is 11.6 Å². The number of hydrogen-bond donors (Lipinski definition) is 1. The minimum atomic E-state index is -0.589. The molecule has 2 heterocycles. The van der Waals surface area contributed by atoms with Crippen LogP contribution in [-0.2, 0) is 12.8 Å². The van der Waals surface area contributed by atoms with Crippen LogP contribution in [-0.4, -0.2) is 15.6 Å². The summed E-state index contributed by atoms with van der Waals surface area (Å²) in [6.45, 7) is 10.8. The number of nitrogens with zero attached hydrogens (tertiary/aromatic N) is 3. The van der Waals surface area contributed by atoms with Crippen molar-refractivity contribution in [2.45, 2.75) is 38.8 Å². The Bertz CT molecular complexity index is 567. The lowest BCUT2D eigenvalue weighted by Crippen LogP contribution is -2.26. The molecule has 0 radical (unpaired) electrons. The molecular formula is C15H18N4S. The third-order valence-electron chi connectivity index (χ3n) is 2.86. The highest BCUT2D eigenvalue weighted by Crippen LogP contribution is 2.16. The van der Waals surface area contributed by atoms with E-state index in [1.54, 1.807) is 17.5 Å². The zero-order valence-electron chi connectivity index (χ0n) is 11.8. The van der Waals surface area contributed by atoms with Crippen molar-refractivity contribution in [3.8, 4) is 0 Å². The van der Waals surface area contributed by atoms with Crippen LogP contribution in [0.5, 0.6) is 0 Å². The van der Waals surface area contributed by atoms with E-state index in [9.17, 15) is 0 Å². The van der Waals surface area contributed by atoms with E-state index in [4.69, 9.17) is 6.57 Å². The van der Waals surface area contributed by atoms with Crippen molar-refractivity contribution in [2.75, 3.05) is 5.32 Å². The normalized spacial score (nSPS) is 11.1. The van der Waals surface area contributed by atoms with Crippen LogP contribution in [0.3, 0.4) is 0 Å². The number of aryl methyl sites for hydroxylation is 2. The Hall–Kier alpha value is -1.93. The Morgan fingerprint density at radius 3 is 2.75 bits per heavy atom. The van der Waals surface area contributed by atoms with Crippen LogP contribution in [0.25, 0.3) is 4.85 Å². The topological polar surface area (TPSA) is 42.2 Å². The van der Waals surface area contributed by atoms with Crippen LogP contribution in [0, 0.1) is 6.57 Å². The molecule has 0 saturated heterocycles. The van der Waals surface area contributed by atoms with Gasteiger partial charge < -0.3 is 5.32 Å². The summed E-state index contributed by atoms with van der Waals surface area (Å²) in [5.74, 6) is 0. The van der Waals surface area contributed by atoms with Gasteiger partial charge in [-0.2, -0.15) is 0 Å². The molecule has 0 aliphatic rings. The summed E-state index contributed by atoms with van der Waals surface area (Å²) in [5, 5.41) is 6.34. The van der Waals surface area contributed by atoms with Gasteiger partial charge in [-0.05, 0) is 31.4 Å². The molecule has 0 aliphatic carbocycles. The Morgan fingerprint density at radius 2 is 2.15 bits per heavy atom. The molecule has 1 N–H and O–H groups in total. The predicted octanol–water partition coefficient (Wildman–Crippen LogP) is 3.78. The van der Waals surface area contributed by atoms with Crippen molar-refractivity contribution in [1.82, 2.24) is 9.97 Å². The van der Waals surface area contributed by atoms with Gasteiger partial charge in [-0.1, -0.05) is 0 Å². The minimum absolute atomic E-state index is 0.589. The third kappa shape index (κ3) is 4.32. The number of pyridine rings is 1. The van der Waals surface area contributed by atoms with E-state index in [1.807, 2.05) is 37.6 Å². The molecular weight excluding hydrogens is 268 g/mol. The molecule has 2 aromatic rings. The molecule has 0 saturated carbocycles. The predicted molar refractivity (Wildman–Crippen MR) is 82.7 cm³/mol. The van der Waals surface area contributed by atoms with E-state index < -0.39 is 5.66 Å². The smallest absolute Gasteiger partial charge is 0.299 e. The van der Waals surface area contributed by atoms with E-state index in [0.717, 1.165) is 30.6 Å². The summed E-state index contributed by atoms with van der Waals surface area (Å²) < 4.78 is 0. The zero-order valence-corrected chi connectivity index (χ0v) is 12.6. The molecule has 0 aliphatic heterocycles. The van der Waals surface area contributed by atoms with Gasteiger partial charge in [0.05, 0.1) is 16.9 Å². The summed E-state index contributed by atoms with van der Waals surface area (Å²) in [4.78, 5) is 12.2. The molecule has 20 heavy (non-hydrogen) atoms. The lowest BCUT2D eigenvalue weighted by atomic mass is 10.1. The average Bonchev–Trinajstić information content (AvgIpc) is 2.94. The SMILES string of the molecule is [C-]#[N+]C(C)(C)Nc1ccc(CCCc2nccs2)nc1. The summed E-state index contributed by atoms with van der Waals surface area (Å²) in [6, 6.07) is 4.00. The molecule has 0 bridgehead atoms. The molecule has 0 spiro atoms. The second-order valence-corrected chi connectivity index (χ2v) is 6.09. The largest absolute Gasteiger partial charge is 0.313 e. The molecule has 2 rings (SSSR count). The molecule has 2 aromatic heterocycles. The summed E-state index contributed by atoms with van der Waals surface area (Å²) >= 11 is 1.70. The molecule has 0 amide bonds. The number of thiazole rings is 1. The van der Waals surface area contributed by atoms with Gasteiger partial charge >= 0.3 is 0 Å². The fourth-order valence-electron chi connectivity index (χ4n) is 1.82. The monoisotopic (exact) mass is 286 g/mol. The van der Waals surface area contributed by atoms with Gasteiger partial charge in [-0.15, -0.1) is 11.3 Å². The average molecular weight is 286 g/mol. The van der Waals surface area contributed by atoms with E-state index in [-0.39, 0.29) is 0 Å². The van der Waals surface area contributed by atoms with E-state index in [1.165, 1.54) is 5.01 Å². The maximum Gasteiger partial charge on any atom is 0.299 e. The second kappa shape index (κ2) is 6.49. The van der Waals surface area contributed by atoms with Gasteiger partial charge in [0.25, 0.3) is 5.66 Å². The Balaban J connectivity index is 1.84. The number of aromatic nitrogens is 2. The van der Waals surface area contributed by atoms with Crippen molar-refractivity contribution in [3.05, 3.63) is 52.0 Å². The lowest BCUT2D eigenvalue weighted by Gasteiger charge is -2.14. The molecule has 4 nitrogen and oxygen atoms in total. The first-order valence-corrected chi connectivity index (χ1v) is 7.47. The van der Waals surface area contributed by atoms with E-state index in [0.29, 0.717) is 0 Å². The first kappa shape index (κ1) is 14.5. The number of anilines is 1. The third-order valence-corrected chi connectivity index (χ3v) is 3.70. The molecule has 0 aromatic carbocycles. The Morgan fingerprint density at radius 1 is 1.30 bits per heavy atom. The summed E-state index contributed by atoms with van der Waals surface area (Å²) in [6.07, 6.45) is 6.65. The molecule has 0 unspecified atom stereocenters. The van der Waals surface area contributed by atoms with Crippen LogP contribution in [0.1, 0.15) is 31.0 Å². The van der Waals surface area contributed by atoms with Crippen molar-refractivity contribution in [1.29, 1.82) is 0 Å². The first-order valence-electron chi connectivity index (χ1n) is 6.59. The fraction of sp³-hybridized carbons (Fsp3) is 0.400. The quantitative estimate of drug-likeness (QED) is 0.822. The van der Waals surface area contributed by atoms with Crippen molar-refractivity contribution in [2.24, 2.45) is 0 Å². The molecule has 0 fully saturated rings. The highest BCUT2D eigenvalue weighted by Gasteiger charge is 2.21. The summed E-state index contributed by atoms with van der Waals surface area (Å²) in [7, 11) is 0. The maximum absolute atomic E-state index is 7.09. The highest BCUT2D eigenvalue weighted by atomic mass is 32.1. The Kier molecular flexibility index (Phi) is 4.70. The van der Waals surface area contributed by atoms with Crippen molar-refractivity contribution in [3.63, 3.8) is 0 Å². The van der Waals surface area contributed by atoms with Crippen LogP contribution < -0.4 is 5.32 Å². The van der Waals surface area contributed by atoms with E-state index in [2.05, 4.69) is 20.1 Å². The summed E-state index contributed by atoms with van der Waals surface area (Å²) in [5.41, 5.74) is 1.37. The van der Waals surface area contributed by atoms with Crippen LogP contribution in [0.4, 0.5) is 5.69 Å². The van der Waals surface area contributed by atoms with Crippen LogP contribution in [0.2, 0.25) is 0 Å². The first-order chi connectivity index (χ1) is 9.59. The second-order valence-electron chi connectivity index (χ2n) is 5.11. The number of hydrogen-bond acceptors (Lipinski definition) is 4. The molecule has 0 atom stereocenters. The van der Waals surface area contributed by atoms with Crippen molar-refractivity contribution < 1.29 is 0 Å². The molecule has 104 valence electrons. The number of rotatable bonds is 6. The van der Waals surface area contributed by atoms with E-state index >= 15 is 0 Å². The minimum Gasteiger partial charge on any atom is -0.313 e. The van der Waals surface area contributed by atoms with Gasteiger partial charge in [0, 0.05) is 31.1 Å². The zero-order chi connectivity index (χ0) is 14.4. The molecule has 5 heteroatoms. The lowest BCUT2D eigenvalue weighted by molar-refractivity contribution is 0.705. The van der Waals surface area contributed by atoms with Gasteiger partial charge in [-0.3, -0.25) is 9.83 Å². The van der Waals surface area contributed by atoms with Gasteiger partial charge in [0.2, 0.25) is 0 Å². The standard InChI is InChI=1S/C15H18N4S/c1-15(2,16-3)19-13-8-7-12(18-11-13)5-4-6-14-17-9-10-20-14/h7-11,19H,4-6H2,1-2H3.